The van der Waals surface area contributed by atoms with Gasteiger partial charge in [-0.2, -0.15) is 0 Å². The lowest BCUT2D eigenvalue weighted by molar-refractivity contribution is -0.384. The monoisotopic (exact) mass is 191 g/mol. The van der Waals surface area contributed by atoms with E-state index in [2.05, 4.69) is 0 Å². The number of non-ortho nitro benzene ring substituents is 1. The van der Waals surface area contributed by atoms with E-state index in [0.29, 0.717) is 6.07 Å². The van der Waals surface area contributed by atoms with Gasteiger partial charge < -0.3 is 5.11 Å². The molecule has 0 atom stereocenters. The number of rotatable bonds is 2. The highest BCUT2D eigenvalue weighted by atomic mass is 19.2. The van der Waals surface area contributed by atoms with Crippen LogP contribution in [0.3, 0.4) is 0 Å². The number of nitro groups is 1. The standard InChI is InChI=1S/C7H4FNO4/c8-6-2-1-4(9(12)13)3-5(6)7(10)11/h1-3H,(H,10,11)/i1+1,2+1,3+1,4+1,5+1,6+1. The van der Waals surface area contributed by atoms with Crippen LogP contribution in [0.5, 0.6) is 0 Å². The van der Waals surface area contributed by atoms with Crippen LogP contribution in [0.25, 0.3) is 0 Å². The van der Waals surface area contributed by atoms with E-state index in [0.717, 1.165) is 12.1 Å². The minimum absolute atomic E-state index is 0.446. The van der Waals surface area contributed by atoms with Crippen molar-refractivity contribution in [3.63, 3.8) is 0 Å². The van der Waals surface area contributed by atoms with Gasteiger partial charge in [-0.25, -0.2) is 9.18 Å². The molecule has 0 unspecified atom stereocenters. The van der Waals surface area contributed by atoms with Crippen LogP contribution >= 0.6 is 0 Å². The molecule has 1 aromatic rings. The number of nitro benzene ring substituents is 1. The Morgan fingerprint density at radius 2 is 2.15 bits per heavy atom. The van der Waals surface area contributed by atoms with E-state index >= 15 is 0 Å². The first-order valence-corrected chi connectivity index (χ1v) is 3.19. The summed E-state index contributed by atoms with van der Waals surface area (Å²) < 4.78 is 12.7. The molecular weight excluding hydrogens is 187 g/mol. The minimum Gasteiger partial charge on any atom is -0.478 e. The quantitative estimate of drug-likeness (QED) is 0.566. The molecule has 0 aliphatic carbocycles. The second-order valence-corrected chi connectivity index (χ2v) is 2.23. The van der Waals surface area contributed by atoms with E-state index in [1.807, 2.05) is 0 Å². The predicted octanol–water partition coefficient (Wildman–Crippen LogP) is 1.43. The fraction of sp³-hybridized carbons (Fsp3) is 0. The van der Waals surface area contributed by atoms with Crippen molar-refractivity contribution < 1.29 is 19.2 Å². The third kappa shape index (κ3) is 1.78. The number of carboxylic acids is 1. The molecule has 1 rings (SSSR count). The molecular formula is C7H4FNO4. The number of carboxylic acid groups (broad SMARTS) is 1. The Morgan fingerprint density at radius 3 is 2.62 bits per heavy atom. The topological polar surface area (TPSA) is 80.4 Å². The largest absolute Gasteiger partial charge is 0.478 e. The lowest BCUT2D eigenvalue weighted by atomic mass is 10.9. The molecule has 0 saturated heterocycles. The summed E-state index contributed by atoms with van der Waals surface area (Å²) in [5.74, 6) is -2.51. The van der Waals surface area contributed by atoms with Crippen LogP contribution in [-0.4, -0.2) is 16.0 Å². The molecule has 1 aromatic carbocycles. The van der Waals surface area contributed by atoms with Crippen molar-refractivity contribution in [2.45, 2.75) is 0 Å². The summed E-state index contributed by atoms with van der Waals surface area (Å²) in [7, 11) is 0. The van der Waals surface area contributed by atoms with Gasteiger partial charge in [0.25, 0.3) is 5.69 Å². The van der Waals surface area contributed by atoms with Gasteiger partial charge in [0.2, 0.25) is 0 Å². The Hall–Kier alpha value is -1.98. The summed E-state index contributed by atoms with van der Waals surface area (Å²) >= 11 is 0. The van der Waals surface area contributed by atoms with Crippen LogP contribution < -0.4 is 0 Å². The van der Waals surface area contributed by atoms with Gasteiger partial charge >= 0.3 is 5.97 Å². The summed E-state index contributed by atoms with van der Waals surface area (Å²) in [6.45, 7) is 0. The summed E-state index contributed by atoms with van der Waals surface area (Å²) in [6.07, 6.45) is 0. The maximum atomic E-state index is 12.7. The second kappa shape index (κ2) is 3.18. The van der Waals surface area contributed by atoms with Crippen molar-refractivity contribution in [2.24, 2.45) is 0 Å². The zero-order chi connectivity index (χ0) is 10.0. The normalized spacial score (nSPS) is 9.62. The van der Waals surface area contributed by atoms with Gasteiger partial charge in [0.15, 0.2) is 0 Å². The first kappa shape index (κ1) is 9.11. The Kier molecular flexibility index (Phi) is 2.23. The average Bonchev–Trinajstić information content (AvgIpc) is 2.04. The van der Waals surface area contributed by atoms with Gasteiger partial charge in [0, 0.05) is 12.1 Å². The summed E-state index contributed by atoms with van der Waals surface area (Å²) in [6, 6.07) is 2.33. The SMILES string of the molecule is O=C(O)[13c]1[13cH][13c]([N+](=O)[O-])[13cH][13cH][13c]1F. The van der Waals surface area contributed by atoms with Gasteiger partial charge in [0.1, 0.15) is 11.4 Å². The molecule has 0 aromatic heterocycles. The molecule has 5 nitrogen and oxygen atoms in total. The summed E-state index contributed by atoms with van der Waals surface area (Å²) in [4.78, 5) is 19.7. The van der Waals surface area contributed by atoms with Gasteiger partial charge in [-0.05, 0) is 6.07 Å². The molecule has 0 spiro atoms. The highest BCUT2D eigenvalue weighted by Crippen LogP contribution is 2.16. The summed E-state index contributed by atoms with van der Waals surface area (Å²) in [5.41, 5.74) is -1.15. The molecule has 13 heavy (non-hydrogen) atoms. The van der Waals surface area contributed by atoms with Crippen LogP contribution in [0, 0.1) is 15.9 Å². The molecule has 68 valence electrons. The Morgan fingerprint density at radius 1 is 1.54 bits per heavy atom. The Bertz CT molecular complexity index is 377. The smallest absolute Gasteiger partial charge is 0.338 e. The molecule has 0 bridgehead atoms. The molecule has 0 aliphatic heterocycles. The van der Waals surface area contributed by atoms with Gasteiger partial charge in [-0.1, -0.05) is 0 Å². The number of carbonyl (C=O) groups is 1. The molecule has 1 N–H and O–H groups in total. The third-order valence-electron chi connectivity index (χ3n) is 1.39. The first-order valence-electron chi connectivity index (χ1n) is 3.19. The number of hydrogen-bond acceptors (Lipinski definition) is 3. The maximum absolute atomic E-state index is 12.7. The van der Waals surface area contributed by atoms with E-state index < -0.39 is 28.0 Å². The van der Waals surface area contributed by atoms with Crippen LogP contribution in [-0.2, 0) is 0 Å². The fourth-order valence-electron chi connectivity index (χ4n) is 0.791. The Labute approximate surface area is 71.6 Å². The zero-order valence-corrected chi connectivity index (χ0v) is 6.23. The van der Waals surface area contributed by atoms with Crippen molar-refractivity contribution in [3.8, 4) is 0 Å². The number of hydrogen-bond donors (Lipinski definition) is 1. The highest BCUT2D eigenvalue weighted by Gasteiger charge is 2.15. The summed E-state index contributed by atoms with van der Waals surface area (Å²) in [5, 5.41) is 18.6. The van der Waals surface area contributed by atoms with E-state index in [4.69, 9.17) is 5.11 Å². The van der Waals surface area contributed by atoms with Gasteiger partial charge in [0.05, 0.1) is 4.92 Å². The van der Waals surface area contributed by atoms with Crippen molar-refractivity contribution in [1.29, 1.82) is 0 Å². The van der Waals surface area contributed by atoms with Crippen molar-refractivity contribution in [2.75, 3.05) is 0 Å². The van der Waals surface area contributed by atoms with E-state index in [1.165, 1.54) is 0 Å². The van der Waals surface area contributed by atoms with Gasteiger partial charge in [-0.3, -0.25) is 10.1 Å². The number of aromatic carboxylic acids is 1. The lowest BCUT2D eigenvalue weighted by Gasteiger charge is -1.96. The Balaban J connectivity index is 3.27. The zero-order valence-electron chi connectivity index (χ0n) is 6.23. The van der Waals surface area contributed by atoms with E-state index in [-0.39, 0.29) is 0 Å². The van der Waals surface area contributed by atoms with Crippen molar-refractivity contribution >= 4 is 11.7 Å². The fourth-order valence-corrected chi connectivity index (χ4v) is 0.791. The number of benzene rings is 1. The maximum Gasteiger partial charge on any atom is 0.338 e. The van der Waals surface area contributed by atoms with Crippen LogP contribution in [0.2, 0.25) is 0 Å². The molecule has 0 fully saturated rings. The van der Waals surface area contributed by atoms with Crippen LogP contribution in [0.15, 0.2) is 18.2 Å². The molecule has 0 amide bonds. The lowest BCUT2D eigenvalue weighted by Crippen LogP contribution is -2.01. The van der Waals surface area contributed by atoms with Gasteiger partial charge in [-0.15, -0.1) is 0 Å². The first-order chi connectivity index (χ1) is 6.02. The minimum atomic E-state index is -1.53. The molecule has 0 heterocycles. The molecule has 6 heteroatoms. The van der Waals surface area contributed by atoms with Crippen molar-refractivity contribution in [1.82, 2.24) is 0 Å². The molecule has 0 aliphatic rings. The van der Waals surface area contributed by atoms with E-state index in [9.17, 15) is 19.3 Å². The second-order valence-electron chi connectivity index (χ2n) is 2.23. The average molecular weight is 191 g/mol. The van der Waals surface area contributed by atoms with E-state index in [1.54, 1.807) is 0 Å². The predicted molar refractivity (Wildman–Crippen MR) is 40.0 cm³/mol. The highest BCUT2D eigenvalue weighted by molar-refractivity contribution is 5.88. The van der Waals surface area contributed by atoms with Crippen LogP contribution in [0.1, 0.15) is 10.4 Å². The molecule has 0 radical (unpaired) electrons. The van der Waals surface area contributed by atoms with Crippen molar-refractivity contribution in [3.05, 3.63) is 39.7 Å². The van der Waals surface area contributed by atoms with Crippen LogP contribution in [0.4, 0.5) is 10.1 Å². The third-order valence-corrected chi connectivity index (χ3v) is 1.39. The number of nitrogens with zero attached hydrogens (tertiary/aromatic N) is 1. The number of halogens is 1. The molecule has 0 saturated carbocycles.